The number of nitrogens with zero attached hydrogens (tertiary/aromatic N) is 1. The Morgan fingerprint density at radius 3 is 2.50 bits per heavy atom. The topological polar surface area (TPSA) is 69.6 Å². The smallest absolute Gasteiger partial charge is 0.303 e. The molecule has 2 atom stereocenters. The Bertz CT molecular complexity index is 305. The predicted octanol–water partition coefficient (Wildman–Crippen LogP) is 0.944. The molecular weight excluding hydrogens is 232 g/mol. The summed E-state index contributed by atoms with van der Waals surface area (Å²) in [6, 6.07) is 0.124. The number of hydrogen-bond acceptors (Lipinski definition) is 3. The van der Waals surface area contributed by atoms with Gasteiger partial charge in [-0.15, -0.1) is 0 Å². The summed E-state index contributed by atoms with van der Waals surface area (Å²) in [6.45, 7) is 8.20. The summed E-state index contributed by atoms with van der Waals surface area (Å²) in [4.78, 5) is 24.7. The van der Waals surface area contributed by atoms with Gasteiger partial charge in [-0.25, -0.2) is 0 Å². The molecule has 0 saturated carbocycles. The van der Waals surface area contributed by atoms with Crippen molar-refractivity contribution in [2.24, 2.45) is 11.8 Å². The molecule has 1 rings (SSSR count). The molecule has 1 aliphatic rings. The number of hydrogen-bond donors (Lipinski definition) is 2. The summed E-state index contributed by atoms with van der Waals surface area (Å²) in [5.74, 6) is -0.245. The largest absolute Gasteiger partial charge is 0.481 e. The van der Waals surface area contributed by atoms with E-state index in [0.717, 1.165) is 13.1 Å². The summed E-state index contributed by atoms with van der Waals surface area (Å²) in [5, 5.41) is 11.9. The fourth-order valence-electron chi connectivity index (χ4n) is 2.38. The van der Waals surface area contributed by atoms with Crippen LogP contribution >= 0.6 is 0 Å². The SMILES string of the molecule is CC(C)N(CCCC(=O)O)C(=O)[C@@H]1CNC[C@H]1C. The second-order valence-electron chi connectivity index (χ2n) is 5.36. The Kier molecular flexibility index (Phi) is 5.59. The van der Waals surface area contributed by atoms with E-state index in [1.807, 2.05) is 18.7 Å². The van der Waals surface area contributed by atoms with Gasteiger partial charge in [0.15, 0.2) is 0 Å². The van der Waals surface area contributed by atoms with Crippen molar-refractivity contribution >= 4 is 11.9 Å². The quantitative estimate of drug-likeness (QED) is 0.742. The standard InChI is InChI=1S/C13H24N2O3/c1-9(2)15(6-4-5-12(16)17)13(18)11-8-14-7-10(11)3/h9-11,14H,4-8H2,1-3H3,(H,16,17)/t10-,11-/m1/s1. The maximum atomic E-state index is 12.4. The van der Waals surface area contributed by atoms with Crippen LogP contribution in [0.15, 0.2) is 0 Å². The normalized spacial score (nSPS) is 23.3. The number of carboxylic acids is 1. The molecule has 0 aromatic carbocycles. The first-order valence-electron chi connectivity index (χ1n) is 6.66. The summed E-state index contributed by atoms with van der Waals surface area (Å²) in [6.07, 6.45) is 0.642. The lowest BCUT2D eigenvalue weighted by atomic mass is 9.96. The average Bonchev–Trinajstić information content (AvgIpc) is 2.69. The average molecular weight is 256 g/mol. The first-order chi connectivity index (χ1) is 8.43. The van der Waals surface area contributed by atoms with E-state index < -0.39 is 5.97 Å². The van der Waals surface area contributed by atoms with Gasteiger partial charge in [-0.3, -0.25) is 9.59 Å². The van der Waals surface area contributed by atoms with E-state index >= 15 is 0 Å². The molecule has 0 radical (unpaired) electrons. The molecule has 0 spiro atoms. The Morgan fingerprint density at radius 2 is 2.06 bits per heavy atom. The second kappa shape index (κ2) is 6.73. The van der Waals surface area contributed by atoms with Gasteiger partial charge in [0.2, 0.25) is 5.91 Å². The van der Waals surface area contributed by atoms with Crippen molar-refractivity contribution in [3.8, 4) is 0 Å². The van der Waals surface area contributed by atoms with Gasteiger partial charge >= 0.3 is 5.97 Å². The zero-order valence-corrected chi connectivity index (χ0v) is 11.5. The van der Waals surface area contributed by atoms with E-state index in [1.165, 1.54) is 0 Å². The fraction of sp³-hybridized carbons (Fsp3) is 0.846. The molecule has 104 valence electrons. The molecule has 1 saturated heterocycles. The number of aliphatic carboxylic acids is 1. The van der Waals surface area contributed by atoms with Crippen molar-refractivity contribution in [3.63, 3.8) is 0 Å². The maximum absolute atomic E-state index is 12.4. The third-order valence-corrected chi connectivity index (χ3v) is 3.53. The van der Waals surface area contributed by atoms with E-state index in [-0.39, 0.29) is 24.3 Å². The molecule has 0 aliphatic carbocycles. The van der Waals surface area contributed by atoms with E-state index in [2.05, 4.69) is 12.2 Å². The summed E-state index contributed by atoms with van der Waals surface area (Å²) < 4.78 is 0. The highest BCUT2D eigenvalue weighted by atomic mass is 16.4. The first-order valence-corrected chi connectivity index (χ1v) is 6.66. The molecule has 1 fully saturated rings. The minimum absolute atomic E-state index is 0.0391. The lowest BCUT2D eigenvalue weighted by Crippen LogP contribution is -2.43. The van der Waals surface area contributed by atoms with Gasteiger partial charge in [0.25, 0.3) is 0 Å². The second-order valence-corrected chi connectivity index (χ2v) is 5.36. The molecule has 0 aromatic heterocycles. The Hall–Kier alpha value is -1.10. The minimum Gasteiger partial charge on any atom is -0.481 e. The third-order valence-electron chi connectivity index (χ3n) is 3.53. The van der Waals surface area contributed by atoms with Crippen LogP contribution in [-0.4, -0.2) is 47.6 Å². The van der Waals surface area contributed by atoms with Crippen LogP contribution in [0.5, 0.6) is 0 Å². The van der Waals surface area contributed by atoms with Gasteiger partial charge in [-0.05, 0) is 32.7 Å². The van der Waals surface area contributed by atoms with Gasteiger partial charge in [-0.1, -0.05) is 6.92 Å². The van der Waals surface area contributed by atoms with Crippen molar-refractivity contribution in [1.29, 1.82) is 0 Å². The molecule has 1 amide bonds. The van der Waals surface area contributed by atoms with E-state index in [9.17, 15) is 9.59 Å². The van der Waals surface area contributed by atoms with Gasteiger partial charge in [0.05, 0.1) is 5.92 Å². The van der Waals surface area contributed by atoms with Crippen molar-refractivity contribution < 1.29 is 14.7 Å². The fourth-order valence-corrected chi connectivity index (χ4v) is 2.38. The molecule has 0 aromatic rings. The van der Waals surface area contributed by atoms with Gasteiger partial charge in [0, 0.05) is 25.6 Å². The van der Waals surface area contributed by atoms with Gasteiger partial charge in [0.1, 0.15) is 0 Å². The van der Waals surface area contributed by atoms with Crippen molar-refractivity contribution in [2.75, 3.05) is 19.6 Å². The van der Waals surface area contributed by atoms with Crippen LogP contribution in [0.3, 0.4) is 0 Å². The lowest BCUT2D eigenvalue weighted by molar-refractivity contribution is -0.140. The Labute approximate surface area is 109 Å². The van der Waals surface area contributed by atoms with Gasteiger partial charge < -0.3 is 15.3 Å². The summed E-state index contributed by atoms with van der Waals surface area (Å²) in [5.41, 5.74) is 0. The van der Waals surface area contributed by atoms with Crippen LogP contribution in [0, 0.1) is 11.8 Å². The number of carbonyl (C=O) groups is 2. The molecule has 18 heavy (non-hydrogen) atoms. The van der Waals surface area contributed by atoms with E-state index in [0.29, 0.717) is 18.9 Å². The minimum atomic E-state index is -0.804. The lowest BCUT2D eigenvalue weighted by Gasteiger charge is -2.30. The zero-order valence-electron chi connectivity index (χ0n) is 11.5. The maximum Gasteiger partial charge on any atom is 0.303 e. The highest BCUT2D eigenvalue weighted by Crippen LogP contribution is 2.20. The first kappa shape index (κ1) is 15.0. The highest BCUT2D eigenvalue weighted by Gasteiger charge is 2.33. The predicted molar refractivity (Wildman–Crippen MR) is 69.2 cm³/mol. The summed E-state index contributed by atoms with van der Waals surface area (Å²) >= 11 is 0. The number of rotatable bonds is 6. The molecule has 5 nitrogen and oxygen atoms in total. The van der Waals surface area contributed by atoms with E-state index in [1.54, 1.807) is 0 Å². The zero-order chi connectivity index (χ0) is 13.7. The van der Waals surface area contributed by atoms with Crippen LogP contribution in [-0.2, 0) is 9.59 Å². The Morgan fingerprint density at radius 1 is 1.39 bits per heavy atom. The van der Waals surface area contributed by atoms with Crippen LogP contribution in [0.25, 0.3) is 0 Å². The molecule has 1 heterocycles. The molecular formula is C13H24N2O3. The monoisotopic (exact) mass is 256 g/mol. The summed E-state index contributed by atoms with van der Waals surface area (Å²) in [7, 11) is 0. The molecule has 5 heteroatoms. The number of amides is 1. The highest BCUT2D eigenvalue weighted by molar-refractivity contribution is 5.80. The van der Waals surface area contributed by atoms with Crippen LogP contribution in [0.2, 0.25) is 0 Å². The van der Waals surface area contributed by atoms with Crippen LogP contribution < -0.4 is 5.32 Å². The third kappa shape index (κ3) is 3.98. The van der Waals surface area contributed by atoms with Crippen molar-refractivity contribution in [2.45, 2.75) is 39.7 Å². The number of carbonyl (C=O) groups excluding carboxylic acids is 1. The number of nitrogens with one attached hydrogen (secondary N) is 1. The number of carboxylic acid groups (broad SMARTS) is 1. The van der Waals surface area contributed by atoms with Crippen LogP contribution in [0.4, 0.5) is 0 Å². The van der Waals surface area contributed by atoms with Crippen LogP contribution in [0.1, 0.15) is 33.6 Å². The van der Waals surface area contributed by atoms with Gasteiger partial charge in [-0.2, -0.15) is 0 Å². The molecule has 0 bridgehead atoms. The molecule has 1 aliphatic heterocycles. The molecule has 2 N–H and O–H groups in total. The van der Waals surface area contributed by atoms with Crippen molar-refractivity contribution in [1.82, 2.24) is 10.2 Å². The Balaban J connectivity index is 2.55. The van der Waals surface area contributed by atoms with Crippen molar-refractivity contribution in [3.05, 3.63) is 0 Å². The van der Waals surface area contributed by atoms with E-state index in [4.69, 9.17) is 5.11 Å². The molecule has 0 unspecified atom stereocenters.